The molecule has 2 fully saturated rings. The second-order valence-electron chi connectivity index (χ2n) is 8.04. The zero-order valence-corrected chi connectivity index (χ0v) is 17.2. The Labute approximate surface area is 175 Å². The van der Waals surface area contributed by atoms with E-state index in [1.807, 2.05) is 31.2 Å². The van der Waals surface area contributed by atoms with Gasteiger partial charge in [-0.1, -0.05) is 25.0 Å². The maximum absolute atomic E-state index is 12.7. The fourth-order valence-electron chi connectivity index (χ4n) is 4.27. The van der Waals surface area contributed by atoms with Crippen LogP contribution < -0.4 is 5.32 Å². The number of nitrogens with one attached hydrogen (secondary N) is 1. The highest BCUT2D eigenvalue weighted by atomic mass is 16.2. The lowest BCUT2D eigenvalue weighted by Crippen LogP contribution is -2.44. The molecule has 1 aliphatic heterocycles. The van der Waals surface area contributed by atoms with E-state index < -0.39 is 5.54 Å². The third-order valence-corrected chi connectivity index (χ3v) is 6.29. The lowest BCUT2D eigenvalue weighted by atomic mass is 9.98. The van der Waals surface area contributed by atoms with Crippen LogP contribution in [0.5, 0.6) is 0 Å². The van der Waals surface area contributed by atoms with Crippen molar-refractivity contribution in [1.82, 2.24) is 29.9 Å². The van der Waals surface area contributed by atoms with Crippen molar-refractivity contribution in [2.75, 3.05) is 13.6 Å². The molecule has 0 unspecified atom stereocenters. The van der Waals surface area contributed by atoms with Crippen molar-refractivity contribution < 1.29 is 14.4 Å². The summed E-state index contributed by atoms with van der Waals surface area (Å²) < 4.78 is 1.67. The number of carbonyl (C=O) groups is 3. The molecule has 2 aliphatic rings. The molecule has 1 atom stereocenters. The molecule has 4 amide bonds. The zero-order valence-electron chi connectivity index (χ0n) is 17.2. The first kappa shape index (κ1) is 20.1. The number of aromatic nitrogens is 3. The van der Waals surface area contributed by atoms with E-state index in [1.54, 1.807) is 23.0 Å². The summed E-state index contributed by atoms with van der Waals surface area (Å²) in [7, 11) is 1.74. The highest BCUT2D eigenvalue weighted by Gasteiger charge is 2.52. The Hall–Kier alpha value is -3.23. The number of urea groups is 1. The van der Waals surface area contributed by atoms with Crippen molar-refractivity contribution in [2.45, 2.75) is 50.6 Å². The van der Waals surface area contributed by atoms with Crippen molar-refractivity contribution in [3.63, 3.8) is 0 Å². The number of nitrogens with zero attached hydrogens (tertiary/aromatic N) is 5. The van der Waals surface area contributed by atoms with Gasteiger partial charge in [0.05, 0.1) is 11.7 Å². The van der Waals surface area contributed by atoms with E-state index in [-0.39, 0.29) is 36.9 Å². The predicted molar refractivity (Wildman–Crippen MR) is 109 cm³/mol. The molecule has 0 radical (unpaired) electrons. The number of carbonyl (C=O) groups excluding carboxylic acids is 3. The number of hydrogen-bond donors (Lipinski definition) is 1. The minimum Gasteiger partial charge on any atom is -0.339 e. The largest absolute Gasteiger partial charge is 0.339 e. The molecule has 2 aromatic rings. The van der Waals surface area contributed by atoms with Crippen molar-refractivity contribution in [3.8, 4) is 5.69 Å². The van der Waals surface area contributed by atoms with E-state index in [9.17, 15) is 14.4 Å². The van der Waals surface area contributed by atoms with Crippen LogP contribution in [0.25, 0.3) is 5.69 Å². The number of rotatable bonds is 6. The van der Waals surface area contributed by atoms with Gasteiger partial charge in [-0.25, -0.2) is 14.5 Å². The molecule has 9 nitrogen and oxygen atoms in total. The fourth-order valence-corrected chi connectivity index (χ4v) is 4.27. The smallest absolute Gasteiger partial charge is 0.325 e. The minimum atomic E-state index is -0.731. The first-order chi connectivity index (χ1) is 14.4. The van der Waals surface area contributed by atoms with Gasteiger partial charge >= 0.3 is 6.03 Å². The van der Waals surface area contributed by atoms with Crippen molar-refractivity contribution in [3.05, 3.63) is 42.5 Å². The van der Waals surface area contributed by atoms with Crippen molar-refractivity contribution in [1.29, 1.82) is 0 Å². The summed E-state index contributed by atoms with van der Waals surface area (Å²) >= 11 is 0. The summed E-state index contributed by atoms with van der Waals surface area (Å²) in [6, 6.07) is 7.22. The first-order valence-electron chi connectivity index (χ1n) is 10.3. The summed E-state index contributed by atoms with van der Waals surface area (Å²) in [6.07, 6.45) is 6.45. The second-order valence-corrected chi connectivity index (χ2v) is 8.04. The van der Waals surface area contributed by atoms with Crippen LogP contribution in [0.2, 0.25) is 0 Å². The molecule has 1 N–H and O–H groups in total. The fraction of sp³-hybridized carbons (Fsp3) is 0.476. The summed E-state index contributed by atoms with van der Waals surface area (Å²) in [6.45, 7) is 2.05. The Morgan fingerprint density at radius 3 is 2.57 bits per heavy atom. The lowest BCUT2D eigenvalue weighted by molar-refractivity contribution is -0.134. The van der Waals surface area contributed by atoms with E-state index in [0.717, 1.165) is 24.1 Å². The molecule has 30 heavy (non-hydrogen) atoms. The Balaban J connectivity index is 1.35. The lowest BCUT2D eigenvalue weighted by Gasteiger charge is -2.26. The Morgan fingerprint density at radius 1 is 1.23 bits per heavy atom. The van der Waals surface area contributed by atoms with Crippen LogP contribution in [-0.2, 0) is 9.59 Å². The van der Waals surface area contributed by atoms with E-state index >= 15 is 0 Å². The van der Waals surface area contributed by atoms with Crippen LogP contribution >= 0.6 is 0 Å². The number of imide groups is 1. The number of amides is 4. The molecule has 0 bridgehead atoms. The van der Waals surface area contributed by atoms with Crippen LogP contribution in [-0.4, -0.2) is 61.5 Å². The van der Waals surface area contributed by atoms with Gasteiger partial charge in [0, 0.05) is 20.0 Å². The average molecular weight is 410 g/mol. The van der Waals surface area contributed by atoms with Crippen LogP contribution in [0.1, 0.15) is 50.6 Å². The van der Waals surface area contributed by atoms with Gasteiger partial charge in [-0.05, 0) is 37.5 Å². The highest BCUT2D eigenvalue weighted by Crippen LogP contribution is 2.35. The van der Waals surface area contributed by atoms with Crippen LogP contribution in [0.3, 0.4) is 0 Å². The van der Waals surface area contributed by atoms with Crippen molar-refractivity contribution in [2.24, 2.45) is 0 Å². The SMILES string of the molecule is C[C@@H](c1ccc(-n2cncn2)cc1)N(C)C(=O)CCN1C(=O)NC2(CCCC2)C1=O. The standard InChI is InChI=1S/C21H26N6O3/c1-15(16-5-7-17(8-6-16)27-14-22-13-23-27)25(2)18(28)9-12-26-19(29)21(24-20(26)30)10-3-4-11-21/h5-8,13-15H,3-4,9-12H2,1-2H3,(H,24,30)/t15-/m0/s1. The normalized spacial score (nSPS) is 18.7. The Kier molecular flexibility index (Phi) is 5.27. The summed E-state index contributed by atoms with van der Waals surface area (Å²) in [5, 5.41) is 6.95. The van der Waals surface area contributed by atoms with Gasteiger partial charge < -0.3 is 10.2 Å². The Bertz CT molecular complexity index is 934. The quantitative estimate of drug-likeness (QED) is 0.735. The Morgan fingerprint density at radius 2 is 1.93 bits per heavy atom. The van der Waals surface area contributed by atoms with Crippen LogP contribution in [0.15, 0.2) is 36.9 Å². The molecular formula is C21H26N6O3. The third-order valence-electron chi connectivity index (χ3n) is 6.29. The summed E-state index contributed by atoms with van der Waals surface area (Å²) in [5.74, 6) is -0.298. The number of benzene rings is 1. The molecule has 2 heterocycles. The van der Waals surface area contributed by atoms with E-state index in [2.05, 4.69) is 15.4 Å². The molecular weight excluding hydrogens is 384 g/mol. The predicted octanol–water partition coefficient (Wildman–Crippen LogP) is 2.04. The molecule has 9 heteroatoms. The van der Waals surface area contributed by atoms with Gasteiger partial charge in [0.2, 0.25) is 5.91 Å². The third kappa shape index (κ3) is 3.55. The molecule has 1 aromatic carbocycles. The summed E-state index contributed by atoms with van der Waals surface area (Å²) in [5.41, 5.74) is 1.14. The first-order valence-corrected chi connectivity index (χ1v) is 10.3. The monoisotopic (exact) mass is 410 g/mol. The molecule has 1 aliphatic carbocycles. The van der Waals surface area contributed by atoms with E-state index in [0.29, 0.717) is 12.8 Å². The molecule has 4 rings (SSSR count). The van der Waals surface area contributed by atoms with Gasteiger partial charge in [-0.2, -0.15) is 5.10 Å². The van der Waals surface area contributed by atoms with Crippen LogP contribution in [0.4, 0.5) is 4.79 Å². The molecule has 1 aromatic heterocycles. The van der Waals surface area contributed by atoms with E-state index in [4.69, 9.17) is 0 Å². The zero-order chi connectivity index (χ0) is 21.3. The average Bonchev–Trinajstić information content (AvgIpc) is 3.49. The maximum atomic E-state index is 12.7. The van der Waals surface area contributed by atoms with E-state index in [1.165, 1.54) is 11.2 Å². The number of hydrogen-bond acceptors (Lipinski definition) is 5. The minimum absolute atomic E-state index is 0.104. The highest BCUT2D eigenvalue weighted by molar-refractivity contribution is 6.07. The van der Waals surface area contributed by atoms with Gasteiger partial charge in [0.25, 0.3) is 5.91 Å². The molecule has 1 saturated heterocycles. The van der Waals surface area contributed by atoms with Gasteiger partial charge in [-0.3, -0.25) is 14.5 Å². The maximum Gasteiger partial charge on any atom is 0.325 e. The van der Waals surface area contributed by atoms with Crippen molar-refractivity contribution >= 4 is 17.8 Å². The van der Waals surface area contributed by atoms with Gasteiger partial charge in [0.15, 0.2) is 0 Å². The summed E-state index contributed by atoms with van der Waals surface area (Å²) in [4.78, 5) is 44.5. The second kappa shape index (κ2) is 7.89. The van der Waals surface area contributed by atoms with Gasteiger partial charge in [-0.15, -0.1) is 0 Å². The van der Waals surface area contributed by atoms with Crippen LogP contribution in [0, 0.1) is 0 Å². The topological polar surface area (TPSA) is 100 Å². The molecule has 158 valence electrons. The molecule has 1 saturated carbocycles. The molecule has 1 spiro atoms. The van der Waals surface area contributed by atoms with Gasteiger partial charge in [0.1, 0.15) is 18.2 Å².